The number of rotatable bonds is 6. The van der Waals surface area contributed by atoms with Gasteiger partial charge in [0.1, 0.15) is 6.04 Å². The third kappa shape index (κ3) is 5.79. The Labute approximate surface area is 196 Å². The molecule has 0 bridgehead atoms. The van der Waals surface area contributed by atoms with Gasteiger partial charge in [-0.3, -0.25) is 19.4 Å². The topological polar surface area (TPSA) is 65.1 Å². The van der Waals surface area contributed by atoms with Gasteiger partial charge >= 0.3 is 0 Å². The Kier molecular flexibility index (Phi) is 7.75. The summed E-state index contributed by atoms with van der Waals surface area (Å²) < 4.78 is 5.44. The Morgan fingerprint density at radius 1 is 0.909 bits per heavy atom. The zero-order valence-corrected chi connectivity index (χ0v) is 19.6. The second kappa shape index (κ2) is 10.9. The lowest BCUT2D eigenvalue weighted by Crippen LogP contribution is -2.53. The van der Waals surface area contributed by atoms with E-state index >= 15 is 0 Å². The van der Waals surface area contributed by atoms with Crippen LogP contribution in [0.3, 0.4) is 0 Å². The minimum absolute atomic E-state index is 0.00107. The molecule has 33 heavy (non-hydrogen) atoms. The zero-order chi connectivity index (χ0) is 23.2. The standard InChI is InChI=1S/C26H34N4O3/c1-20-7-6-10-23(21(20)2)27-24(31)19-28-11-13-29(14-12-28)25(22-8-4-3-5-9-22)26(32)30-15-17-33-18-16-30/h3-10,25H,11-19H2,1-2H3,(H,27,31)/t25-/m1/s1. The molecule has 2 fully saturated rings. The molecule has 0 unspecified atom stereocenters. The van der Waals surface area contributed by atoms with E-state index in [1.165, 1.54) is 5.56 Å². The van der Waals surface area contributed by atoms with Crippen molar-refractivity contribution in [3.8, 4) is 0 Å². The molecule has 0 saturated carbocycles. The Balaban J connectivity index is 1.37. The molecular formula is C26H34N4O3. The van der Waals surface area contributed by atoms with Crippen LogP contribution in [-0.2, 0) is 14.3 Å². The van der Waals surface area contributed by atoms with Gasteiger partial charge in [0.2, 0.25) is 11.8 Å². The van der Waals surface area contributed by atoms with E-state index < -0.39 is 0 Å². The highest BCUT2D eigenvalue weighted by Gasteiger charge is 2.34. The van der Waals surface area contributed by atoms with Crippen molar-refractivity contribution in [2.75, 3.05) is 64.3 Å². The predicted octanol–water partition coefficient (Wildman–Crippen LogP) is 2.46. The summed E-state index contributed by atoms with van der Waals surface area (Å²) in [6.07, 6.45) is 0. The summed E-state index contributed by atoms with van der Waals surface area (Å²) in [6, 6.07) is 15.7. The lowest BCUT2D eigenvalue weighted by atomic mass is 10.0. The van der Waals surface area contributed by atoms with Gasteiger partial charge in [0, 0.05) is 45.0 Å². The minimum atomic E-state index is -0.296. The molecule has 2 heterocycles. The van der Waals surface area contributed by atoms with Crippen molar-refractivity contribution in [2.24, 2.45) is 0 Å². The number of benzene rings is 2. The summed E-state index contributed by atoms with van der Waals surface area (Å²) in [5, 5.41) is 3.05. The summed E-state index contributed by atoms with van der Waals surface area (Å²) in [5.74, 6) is 0.145. The molecule has 2 amide bonds. The van der Waals surface area contributed by atoms with E-state index in [-0.39, 0.29) is 17.9 Å². The van der Waals surface area contributed by atoms with E-state index in [0.29, 0.717) is 32.8 Å². The number of carbonyl (C=O) groups is 2. The number of nitrogens with zero attached hydrogens (tertiary/aromatic N) is 3. The van der Waals surface area contributed by atoms with Crippen molar-refractivity contribution in [1.82, 2.24) is 14.7 Å². The van der Waals surface area contributed by atoms with Crippen molar-refractivity contribution in [1.29, 1.82) is 0 Å². The molecule has 7 heteroatoms. The fraction of sp³-hybridized carbons (Fsp3) is 0.462. The summed E-state index contributed by atoms with van der Waals surface area (Å²) in [6.45, 7) is 9.88. The van der Waals surface area contributed by atoms with Crippen LogP contribution in [0.2, 0.25) is 0 Å². The second-order valence-corrected chi connectivity index (χ2v) is 8.86. The van der Waals surface area contributed by atoms with Crippen molar-refractivity contribution in [3.05, 3.63) is 65.2 Å². The fourth-order valence-corrected chi connectivity index (χ4v) is 4.56. The number of hydrogen-bond donors (Lipinski definition) is 1. The molecule has 2 aromatic carbocycles. The van der Waals surface area contributed by atoms with Crippen LogP contribution in [0.4, 0.5) is 5.69 Å². The average Bonchev–Trinajstić information content (AvgIpc) is 2.84. The highest BCUT2D eigenvalue weighted by atomic mass is 16.5. The van der Waals surface area contributed by atoms with Gasteiger partial charge in [-0.05, 0) is 36.6 Å². The maximum Gasteiger partial charge on any atom is 0.244 e. The molecular weight excluding hydrogens is 416 g/mol. The summed E-state index contributed by atoms with van der Waals surface area (Å²) in [7, 11) is 0. The van der Waals surface area contributed by atoms with Gasteiger partial charge in [0.25, 0.3) is 0 Å². The molecule has 0 aromatic heterocycles. The van der Waals surface area contributed by atoms with Crippen LogP contribution < -0.4 is 5.32 Å². The third-order valence-corrected chi connectivity index (χ3v) is 6.69. The number of morpholine rings is 1. The van der Waals surface area contributed by atoms with Crippen LogP contribution in [0.1, 0.15) is 22.7 Å². The molecule has 1 atom stereocenters. The summed E-state index contributed by atoms with van der Waals surface area (Å²) in [4.78, 5) is 32.5. The van der Waals surface area contributed by atoms with Gasteiger partial charge in [-0.25, -0.2) is 0 Å². The Hall–Kier alpha value is -2.74. The SMILES string of the molecule is Cc1cccc(NC(=O)CN2CCN([C@@H](C(=O)N3CCOCC3)c3ccccc3)CC2)c1C. The second-order valence-electron chi connectivity index (χ2n) is 8.86. The third-order valence-electron chi connectivity index (χ3n) is 6.69. The van der Waals surface area contributed by atoms with Gasteiger partial charge in [-0.2, -0.15) is 0 Å². The molecule has 0 radical (unpaired) electrons. The van der Waals surface area contributed by atoms with E-state index in [1.54, 1.807) is 0 Å². The molecule has 4 rings (SSSR count). The monoisotopic (exact) mass is 450 g/mol. The maximum absolute atomic E-state index is 13.5. The molecule has 2 aliphatic rings. The first-order valence-corrected chi connectivity index (χ1v) is 11.8. The first-order chi connectivity index (χ1) is 16.0. The van der Waals surface area contributed by atoms with Gasteiger partial charge in [0.15, 0.2) is 0 Å². The molecule has 2 aliphatic heterocycles. The Morgan fingerprint density at radius 3 is 2.30 bits per heavy atom. The molecule has 1 N–H and O–H groups in total. The largest absolute Gasteiger partial charge is 0.378 e. The predicted molar refractivity (Wildman–Crippen MR) is 129 cm³/mol. The number of amides is 2. The van der Waals surface area contributed by atoms with Crippen molar-refractivity contribution < 1.29 is 14.3 Å². The molecule has 176 valence electrons. The normalized spacial score (nSPS) is 18.7. The number of hydrogen-bond acceptors (Lipinski definition) is 5. The summed E-state index contributed by atoms with van der Waals surface area (Å²) >= 11 is 0. The van der Waals surface area contributed by atoms with Crippen molar-refractivity contribution in [3.63, 3.8) is 0 Å². The van der Waals surface area contributed by atoms with Crippen LogP contribution in [0.5, 0.6) is 0 Å². The van der Waals surface area contributed by atoms with Crippen molar-refractivity contribution in [2.45, 2.75) is 19.9 Å². The summed E-state index contributed by atoms with van der Waals surface area (Å²) in [5.41, 5.74) is 4.16. The van der Waals surface area contributed by atoms with Crippen LogP contribution in [0, 0.1) is 13.8 Å². The lowest BCUT2D eigenvalue weighted by Gasteiger charge is -2.40. The number of aryl methyl sites for hydroxylation is 1. The first-order valence-electron chi connectivity index (χ1n) is 11.8. The molecule has 0 aliphatic carbocycles. The van der Waals surface area contributed by atoms with Crippen LogP contribution >= 0.6 is 0 Å². The van der Waals surface area contributed by atoms with Gasteiger partial charge < -0.3 is 15.0 Å². The van der Waals surface area contributed by atoms with Gasteiger partial charge in [0.05, 0.1) is 19.8 Å². The number of piperazine rings is 1. The number of ether oxygens (including phenoxy) is 1. The maximum atomic E-state index is 13.5. The zero-order valence-electron chi connectivity index (χ0n) is 19.6. The number of anilines is 1. The van der Waals surface area contributed by atoms with E-state index in [1.807, 2.05) is 67.3 Å². The molecule has 0 spiro atoms. The Morgan fingerprint density at radius 2 is 1.61 bits per heavy atom. The highest BCUT2D eigenvalue weighted by molar-refractivity contribution is 5.93. The van der Waals surface area contributed by atoms with Crippen LogP contribution in [0.15, 0.2) is 48.5 Å². The minimum Gasteiger partial charge on any atom is -0.378 e. The quantitative estimate of drug-likeness (QED) is 0.733. The average molecular weight is 451 g/mol. The van der Waals surface area contributed by atoms with Gasteiger partial charge in [-0.15, -0.1) is 0 Å². The van der Waals surface area contributed by atoms with E-state index in [4.69, 9.17) is 4.74 Å². The molecule has 7 nitrogen and oxygen atoms in total. The van der Waals surface area contributed by atoms with Crippen LogP contribution in [0.25, 0.3) is 0 Å². The first kappa shape index (κ1) is 23.4. The molecule has 2 aromatic rings. The van der Waals surface area contributed by atoms with E-state index in [0.717, 1.165) is 43.0 Å². The molecule has 2 saturated heterocycles. The highest BCUT2D eigenvalue weighted by Crippen LogP contribution is 2.25. The van der Waals surface area contributed by atoms with Crippen molar-refractivity contribution >= 4 is 17.5 Å². The number of carbonyl (C=O) groups excluding carboxylic acids is 2. The van der Waals surface area contributed by atoms with E-state index in [2.05, 4.69) is 15.1 Å². The smallest absolute Gasteiger partial charge is 0.244 e. The Bertz CT molecular complexity index is 951. The van der Waals surface area contributed by atoms with E-state index in [9.17, 15) is 9.59 Å². The fourth-order valence-electron chi connectivity index (χ4n) is 4.56. The van der Waals surface area contributed by atoms with Crippen LogP contribution in [-0.4, -0.2) is 85.5 Å². The number of nitrogens with one attached hydrogen (secondary N) is 1. The lowest BCUT2D eigenvalue weighted by molar-refractivity contribution is -0.142. The van der Waals surface area contributed by atoms with Gasteiger partial charge in [-0.1, -0.05) is 42.5 Å².